The summed E-state index contributed by atoms with van der Waals surface area (Å²) in [4.78, 5) is 12.9. The number of benzene rings is 2. The van der Waals surface area contributed by atoms with Crippen LogP contribution in [-0.4, -0.2) is 30.2 Å². The second kappa shape index (κ2) is 8.84. The van der Waals surface area contributed by atoms with E-state index in [2.05, 4.69) is 31.4 Å². The highest BCUT2D eigenvalue weighted by molar-refractivity contribution is 7.80. The highest BCUT2D eigenvalue weighted by atomic mass is 32.1. The average Bonchev–Trinajstić information content (AvgIpc) is 3.19. The van der Waals surface area contributed by atoms with E-state index in [0.717, 1.165) is 25.1 Å². The minimum atomic E-state index is 0.00217. The predicted octanol–water partition coefficient (Wildman–Crippen LogP) is 4.68. The molecule has 28 heavy (non-hydrogen) atoms. The molecule has 0 radical (unpaired) electrons. The number of ether oxygens (including phenoxy) is 1. The Kier molecular flexibility index (Phi) is 6.47. The topological polar surface area (TPSA) is 50.4 Å². The zero-order valence-corrected chi connectivity index (χ0v) is 17.6. The fourth-order valence-corrected chi connectivity index (χ4v) is 3.41. The van der Waals surface area contributed by atoms with Gasteiger partial charge in [0, 0.05) is 30.0 Å². The van der Waals surface area contributed by atoms with Crippen molar-refractivity contribution in [2.24, 2.45) is 0 Å². The molecule has 0 spiro atoms. The van der Waals surface area contributed by atoms with Crippen LogP contribution < -0.4 is 10.6 Å². The van der Waals surface area contributed by atoms with Crippen molar-refractivity contribution in [2.45, 2.75) is 45.1 Å². The fraction of sp³-hybridized carbons (Fsp3) is 0.391. The molecule has 1 heterocycles. The number of anilines is 1. The van der Waals surface area contributed by atoms with Gasteiger partial charge in [-0.2, -0.15) is 0 Å². The summed E-state index contributed by atoms with van der Waals surface area (Å²) in [5.41, 5.74) is 3.39. The molecular formula is C23H28N2O2S. The molecule has 1 aliphatic heterocycles. The summed E-state index contributed by atoms with van der Waals surface area (Å²) in [5, 5.41) is 6.88. The first-order valence-corrected chi connectivity index (χ1v) is 10.2. The monoisotopic (exact) mass is 396 g/mol. The standard InChI is InChI=1S/C23H28N2O2S/c1-23(2,3)18-11-9-16(10-12-18)21(26)17-6-4-7-19(14-17)25-22(28)24-15-20-8-5-13-27-20/h4,6-7,9-12,14,20H,5,8,13,15H2,1-3H3,(H2,24,25,28)/t20-/m0/s1. The highest BCUT2D eigenvalue weighted by Crippen LogP contribution is 2.23. The quantitative estimate of drug-likeness (QED) is 0.568. The van der Waals surface area contributed by atoms with Gasteiger partial charge in [0.05, 0.1) is 6.10 Å². The van der Waals surface area contributed by atoms with E-state index in [1.807, 2.05) is 48.5 Å². The van der Waals surface area contributed by atoms with E-state index in [-0.39, 0.29) is 17.3 Å². The first-order valence-electron chi connectivity index (χ1n) is 9.75. The molecule has 0 bridgehead atoms. The van der Waals surface area contributed by atoms with Crippen LogP contribution in [0.4, 0.5) is 5.69 Å². The van der Waals surface area contributed by atoms with Gasteiger partial charge >= 0.3 is 0 Å². The van der Waals surface area contributed by atoms with Gasteiger partial charge in [-0.05, 0) is 48.2 Å². The Hall–Kier alpha value is -2.24. The van der Waals surface area contributed by atoms with Gasteiger partial charge in [-0.25, -0.2) is 0 Å². The minimum absolute atomic E-state index is 0.00217. The van der Waals surface area contributed by atoms with Gasteiger partial charge in [0.25, 0.3) is 0 Å². The maximum absolute atomic E-state index is 12.9. The first-order chi connectivity index (χ1) is 13.3. The van der Waals surface area contributed by atoms with Crippen LogP contribution in [0.15, 0.2) is 48.5 Å². The van der Waals surface area contributed by atoms with E-state index in [0.29, 0.717) is 22.8 Å². The van der Waals surface area contributed by atoms with E-state index in [1.54, 1.807) is 0 Å². The van der Waals surface area contributed by atoms with Crippen LogP contribution in [0.5, 0.6) is 0 Å². The molecule has 1 atom stereocenters. The van der Waals surface area contributed by atoms with E-state index in [4.69, 9.17) is 17.0 Å². The van der Waals surface area contributed by atoms with E-state index < -0.39 is 0 Å². The SMILES string of the molecule is CC(C)(C)c1ccc(C(=O)c2cccc(NC(=S)NC[C@@H]3CCCO3)c2)cc1. The van der Waals surface area contributed by atoms with Crippen LogP contribution in [0.3, 0.4) is 0 Å². The molecule has 1 saturated heterocycles. The zero-order valence-electron chi connectivity index (χ0n) is 16.7. The van der Waals surface area contributed by atoms with Gasteiger partial charge in [-0.1, -0.05) is 57.2 Å². The summed E-state index contributed by atoms with van der Waals surface area (Å²) < 4.78 is 5.59. The average molecular weight is 397 g/mol. The third-order valence-electron chi connectivity index (χ3n) is 4.91. The van der Waals surface area contributed by atoms with Crippen LogP contribution >= 0.6 is 12.2 Å². The second-order valence-electron chi connectivity index (χ2n) is 8.21. The lowest BCUT2D eigenvalue weighted by molar-refractivity contribution is 0.103. The smallest absolute Gasteiger partial charge is 0.193 e. The molecule has 0 aromatic heterocycles. The number of hydrogen-bond acceptors (Lipinski definition) is 3. The van der Waals surface area contributed by atoms with Crippen molar-refractivity contribution in [3.05, 3.63) is 65.2 Å². The number of thiocarbonyl (C=S) groups is 1. The maximum Gasteiger partial charge on any atom is 0.193 e. The van der Waals surface area contributed by atoms with Gasteiger partial charge < -0.3 is 15.4 Å². The number of carbonyl (C=O) groups is 1. The largest absolute Gasteiger partial charge is 0.376 e. The highest BCUT2D eigenvalue weighted by Gasteiger charge is 2.16. The van der Waals surface area contributed by atoms with Crippen LogP contribution in [0, 0.1) is 0 Å². The van der Waals surface area contributed by atoms with Crippen molar-refractivity contribution in [1.29, 1.82) is 0 Å². The Morgan fingerprint density at radius 1 is 1.14 bits per heavy atom. The first kappa shape index (κ1) is 20.5. The molecule has 5 heteroatoms. The van der Waals surface area contributed by atoms with Gasteiger partial charge in [-0.3, -0.25) is 4.79 Å². The number of carbonyl (C=O) groups excluding carboxylic acids is 1. The molecule has 0 aliphatic carbocycles. The molecule has 0 saturated carbocycles. The molecule has 4 nitrogen and oxygen atoms in total. The number of hydrogen-bond donors (Lipinski definition) is 2. The van der Waals surface area contributed by atoms with Gasteiger partial charge in [0.1, 0.15) is 0 Å². The van der Waals surface area contributed by atoms with Gasteiger partial charge in [0.15, 0.2) is 10.9 Å². The summed E-state index contributed by atoms with van der Waals surface area (Å²) in [6.45, 7) is 8.01. The zero-order chi connectivity index (χ0) is 20.1. The molecule has 1 aliphatic rings. The molecule has 0 unspecified atom stereocenters. The lowest BCUT2D eigenvalue weighted by Gasteiger charge is -2.19. The Labute approximate surface area is 172 Å². The fourth-order valence-electron chi connectivity index (χ4n) is 3.21. The molecule has 0 amide bonds. The van der Waals surface area contributed by atoms with Crippen molar-refractivity contribution >= 4 is 28.8 Å². The summed E-state index contributed by atoms with van der Waals surface area (Å²) in [5.74, 6) is 0.00217. The summed E-state index contributed by atoms with van der Waals surface area (Å²) in [7, 11) is 0. The van der Waals surface area contributed by atoms with E-state index in [9.17, 15) is 4.79 Å². The Morgan fingerprint density at radius 2 is 1.89 bits per heavy atom. The molecule has 3 rings (SSSR count). The Balaban J connectivity index is 1.63. The van der Waals surface area contributed by atoms with E-state index >= 15 is 0 Å². The summed E-state index contributed by atoms with van der Waals surface area (Å²) >= 11 is 5.36. The lowest BCUT2D eigenvalue weighted by atomic mass is 9.86. The molecule has 1 fully saturated rings. The van der Waals surface area contributed by atoms with E-state index in [1.165, 1.54) is 5.56 Å². The van der Waals surface area contributed by atoms with Crippen molar-refractivity contribution in [3.63, 3.8) is 0 Å². The van der Waals surface area contributed by atoms with Gasteiger partial charge in [0.2, 0.25) is 0 Å². The summed E-state index contributed by atoms with van der Waals surface area (Å²) in [6, 6.07) is 15.3. The van der Waals surface area contributed by atoms with Crippen LogP contribution in [-0.2, 0) is 10.2 Å². The number of nitrogens with one attached hydrogen (secondary N) is 2. The second-order valence-corrected chi connectivity index (χ2v) is 8.62. The van der Waals surface area contributed by atoms with Gasteiger partial charge in [-0.15, -0.1) is 0 Å². The third kappa shape index (κ3) is 5.40. The third-order valence-corrected chi connectivity index (χ3v) is 5.16. The Morgan fingerprint density at radius 3 is 2.54 bits per heavy atom. The van der Waals surface area contributed by atoms with Crippen molar-refractivity contribution < 1.29 is 9.53 Å². The molecule has 148 valence electrons. The molecule has 2 aromatic carbocycles. The van der Waals surface area contributed by atoms with Crippen molar-refractivity contribution in [2.75, 3.05) is 18.5 Å². The maximum atomic E-state index is 12.9. The van der Waals surface area contributed by atoms with Crippen LogP contribution in [0.2, 0.25) is 0 Å². The summed E-state index contributed by atoms with van der Waals surface area (Å²) in [6.07, 6.45) is 2.39. The van der Waals surface area contributed by atoms with Crippen molar-refractivity contribution in [1.82, 2.24) is 5.32 Å². The minimum Gasteiger partial charge on any atom is -0.376 e. The van der Waals surface area contributed by atoms with Crippen LogP contribution in [0.25, 0.3) is 0 Å². The normalized spacial score (nSPS) is 16.6. The lowest BCUT2D eigenvalue weighted by Crippen LogP contribution is -2.34. The molecular weight excluding hydrogens is 368 g/mol. The van der Waals surface area contributed by atoms with Crippen molar-refractivity contribution in [3.8, 4) is 0 Å². The Bertz CT molecular complexity index is 834. The number of rotatable bonds is 5. The predicted molar refractivity (Wildman–Crippen MR) is 118 cm³/mol. The molecule has 2 N–H and O–H groups in total. The van der Waals surface area contributed by atoms with Crippen LogP contribution in [0.1, 0.15) is 55.1 Å². The number of ketones is 1. The molecule has 2 aromatic rings.